The van der Waals surface area contributed by atoms with Crippen LogP contribution in [0.4, 0.5) is 5.69 Å². The van der Waals surface area contributed by atoms with Gasteiger partial charge in [0.1, 0.15) is 17.0 Å². The molecule has 3 aliphatic rings. The smallest absolute Gasteiger partial charge is 0.256 e. The van der Waals surface area contributed by atoms with Gasteiger partial charge in [0.05, 0.1) is 30.5 Å². The summed E-state index contributed by atoms with van der Waals surface area (Å²) < 4.78 is 18.0. The Hall–Kier alpha value is -4.21. The van der Waals surface area contributed by atoms with Crippen LogP contribution < -0.4 is 9.47 Å². The zero-order valence-corrected chi connectivity index (χ0v) is 26.0. The molecule has 0 aliphatic carbocycles. The number of hydrogen-bond donors (Lipinski definition) is 0. The summed E-state index contributed by atoms with van der Waals surface area (Å²) in [6, 6.07) is 19.8. The molecule has 2 fully saturated rings. The summed E-state index contributed by atoms with van der Waals surface area (Å²) in [5.74, 6) is 2.41. The van der Waals surface area contributed by atoms with E-state index in [0.717, 1.165) is 111 Å². The molecule has 1 atom stereocenters. The normalized spacial score (nSPS) is 18.6. The summed E-state index contributed by atoms with van der Waals surface area (Å²) in [6.07, 6.45) is 5.93. The van der Waals surface area contributed by atoms with Gasteiger partial charge in [0, 0.05) is 63.7 Å². The Morgan fingerprint density at radius 2 is 1.62 bits per heavy atom. The summed E-state index contributed by atoms with van der Waals surface area (Å²) in [6.45, 7) is 10.5. The molecule has 1 amide bonds. The minimum Gasteiger partial charge on any atom is -0.494 e. The zero-order valence-electron chi connectivity index (χ0n) is 26.0. The Bertz CT molecular complexity index is 1620. The lowest BCUT2D eigenvalue weighted by Crippen LogP contribution is -2.47. The molecule has 0 bridgehead atoms. The summed E-state index contributed by atoms with van der Waals surface area (Å²) in [4.78, 5) is 29.3. The number of hydrogen-bond acceptors (Lipinski definition) is 8. The van der Waals surface area contributed by atoms with Gasteiger partial charge in [-0.15, -0.1) is 0 Å². The number of rotatable bonds is 11. The topological polar surface area (TPSA) is 83.6 Å². The second kappa shape index (κ2) is 13.4. The van der Waals surface area contributed by atoms with Crippen LogP contribution in [-0.2, 0) is 0 Å². The second-order valence-electron chi connectivity index (χ2n) is 12.2. The number of ether oxygens (including phenoxy) is 2. The highest BCUT2D eigenvalue weighted by molar-refractivity contribution is 6.03. The number of carbonyl (C=O) groups excluding carboxylic acids is 1. The molecule has 234 valence electrons. The van der Waals surface area contributed by atoms with Crippen LogP contribution in [0.5, 0.6) is 11.5 Å². The molecule has 9 nitrogen and oxygen atoms in total. The fourth-order valence-electron chi connectivity index (χ4n) is 6.51. The first kappa shape index (κ1) is 29.5. The molecule has 0 radical (unpaired) electrons. The van der Waals surface area contributed by atoms with Crippen molar-refractivity contribution in [3.8, 4) is 23.0 Å². The third-order valence-corrected chi connectivity index (χ3v) is 9.09. The Morgan fingerprint density at radius 3 is 2.38 bits per heavy atom. The minimum absolute atomic E-state index is 0.0923. The standard InChI is InChI=1S/C36H41N5O4/c1-26-23-30-32(37-25-28-7-4-16-41(28)36(30)42)24-34(26)44-22-6-15-40-19-17-39(18-20-40)14-5-21-43-29-12-10-27(11-13-29)35-38-31-8-2-3-9-33(31)45-35/h2-3,8-13,23-25,28H,4-7,14-22H2,1H3/t28-/m0/s1. The molecule has 45 heavy (non-hydrogen) atoms. The average Bonchev–Trinajstić information content (AvgIpc) is 3.70. The van der Waals surface area contributed by atoms with Crippen molar-refractivity contribution in [1.82, 2.24) is 19.7 Å². The first-order chi connectivity index (χ1) is 22.1. The highest BCUT2D eigenvalue weighted by Crippen LogP contribution is 2.34. The molecule has 4 heterocycles. The van der Waals surface area contributed by atoms with E-state index in [4.69, 9.17) is 13.9 Å². The number of aliphatic imine (C=N–C) groups is 1. The molecule has 3 aromatic carbocycles. The lowest BCUT2D eigenvalue weighted by atomic mass is 10.1. The van der Waals surface area contributed by atoms with Crippen molar-refractivity contribution >= 4 is 28.9 Å². The van der Waals surface area contributed by atoms with E-state index in [0.29, 0.717) is 24.7 Å². The maximum atomic E-state index is 13.0. The van der Waals surface area contributed by atoms with Gasteiger partial charge in [0.2, 0.25) is 5.89 Å². The van der Waals surface area contributed by atoms with Crippen LogP contribution in [0.1, 0.15) is 41.6 Å². The van der Waals surface area contributed by atoms with Crippen molar-refractivity contribution < 1.29 is 18.7 Å². The van der Waals surface area contributed by atoms with Crippen molar-refractivity contribution in [2.75, 3.05) is 59.0 Å². The van der Waals surface area contributed by atoms with Gasteiger partial charge in [-0.25, -0.2) is 4.98 Å². The lowest BCUT2D eigenvalue weighted by Gasteiger charge is -2.34. The number of piperazine rings is 1. The third-order valence-electron chi connectivity index (χ3n) is 9.09. The SMILES string of the molecule is Cc1cc2c(cc1OCCCN1CCN(CCCOc3ccc(-c4nc5ccccc5o4)cc3)CC1)N=C[C@@H]1CCCN1C2=O. The van der Waals surface area contributed by atoms with E-state index in [1.54, 1.807) is 0 Å². The number of fused-ring (bicyclic) bond motifs is 3. The molecular weight excluding hydrogens is 566 g/mol. The van der Waals surface area contributed by atoms with E-state index in [-0.39, 0.29) is 11.9 Å². The summed E-state index contributed by atoms with van der Waals surface area (Å²) in [7, 11) is 0. The fraction of sp³-hybridized carbons (Fsp3) is 0.417. The zero-order chi connectivity index (χ0) is 30.6. The Kier molecular flexibility index (Phi) is 8.80. The van der Waals surface area contributed by atoms with Gasteiger partial charge in [0.25, 0.3) is 5.91 Å². The van der Waals surface area contributed by atoms with E-state index < -0.39 is 0 Å². The van der Waals surface area contributed by atoms with Gasteiger partial charge in [-0.3, -0.25) is 9.79 Å². The van der Waals surface area contributed by atoms with E-state index in [1.807, 2.05) is 78.7 Å². The molecule has 0 unspecified atom stereocenters. The maximum absolute atomic E-state index is 13.0. The van der Waals surface area contributed by atoms with Crippen molar-refractivity contribution in [3.05, 3.63) is 71.8 Å². The van der Waals surface area contributed by atoms with Gasteiger partial charge in [-0.05, 0) is 80.6 Å². The number of para-hydroxylation sites is 2. The predicted molar refractivity (Wildman–Crippen MR) is 176 cm³/mol. The van der Waals surface area contributed by atoms with Crippen molar-refractivity contribution in [2.24, 2.45) is 4.99 Å². The molecule has 2 saturated heterocycles. The van der Waals surface area contributed by atoms with Crippen LogP contribution in [0, 0.1) is 6.92 Å². The summed E-state index contributed by atoms with van der Waals surface area (Å²) >= 11 is 0. The van der Waals surface area contributed by atoms with Gasteiger partial charge in [0.15, 0.2) is 5.58 Å². The molecule has 0 N–H and O–H groups in total. The summed E-state index contributed by atoms with van der Waals surface area (Å²) in [5, 5.41) is 0. The van der Waals surface area contributed by atoms with Crippen LogP contribution >= 0.6 is 0 Å². The van der Waals surface area contributed by atoms with Crippen LogP contribution in [0.3, 0.4) is 0 Å². The van der Waals surface area contributed by atoms with Gasteiger partial charge in [-0.1, -0.05) is 12.1 Å². The largest absolute Gasteiger partial charge is 0.494 e. The van der Waals surface area contributed by atoms with Crippen molar-refractivity contribution in [3.63, 3.8) is 0 Å². The predicted octanol–water partition coefficient (Wildman–Crippen LogP) is 5.98. The van der Waals surface area contributed by atoms with E-state index in [9.17, 15) is 4.79 Å². The maximum Gasteiger partial charge on any atom is 0.256 e. The number of nitrogens with zero attached hydrogens (tertiary/aromatic N) is 5. The molecule has 1 aromatic heterocycles. The van der Waals surface area contributed by atoms with Gasteiger partial charge >= 0.3 is 0 Å². The van der Waals surface area contributed by atoms with Crippen LogP contribution in [0.25, 0.3) is 22.6 Å². The molecule has 3 aliphatic heterocycles. The lowest BCUT2D eigenvalue weighted by molar-refractivity contribution is 0.0774. The molecule has 0 saturated carbocycles. The summed E-state index contributed by atoms with van der Waals surface area (Å²) in [5.41, 5.74) is 5.02. The Morgan fingerprint density at radius 1 is 0.889 bits per heavy atom. The molecule has 9 heteroatoms. The molecular formula is C36H41N5O4. The third kappa shape index (κ3) is 6.74. The molecule has 4 aromatic rings. The minimum atomic E-state index is 0.0923. The number of carbonyl (C=O) groups is 1. The van der Waals surface area contributed by atoms with Crippen molar-refractivity contribution in [1.29, 1.82) is 0 Å². The molecule has 7 rings (SSSR count). The number of aryl methyl sites for hydroxylation is 1. The van der Waals surface area contributed by atoms with Crippen LogP contribution in [0.15, 0.2) is 70.1 Å². The quantitative estimate of drug-likeness (QED) is 0.194. The van der Waals surface area contributed by atoms with E-state index in [2.05, 4.69) is 19.8 Å². The number of amides is 1. The number of oxazole rings is 1. The first-order valence-corrected chi connectivity index (χ1v) is 16.3. The van der Waals surface area contributed by atoms with Crippen LogP contribution in [-0.4, -0.2) is 96.9 Å². The first-order valence-electron chi connectivity index (χ1n) is 16.3. The highest BCUT2D eigenvalue weighted by Gasteiger charge is 2.32. The Labute approximate surface area is 264 Å². The van der Waals surface area contributed by atoms with E-state index >= 15 is 0 Å². The second-order valence-corrected chi connectivity index (χ2v) is 12.2. The number of aromatic nitrogens is 1. The highest BCUT2D eigenvalue weighted by atomic mass is 16.5. The van der Waals surface area contributed by atoms with Crippen molar-refractivity contribution in [2.45, 2.75) is 38.6 Å². The monoisotopic (exact) mass is 607 g/mol. The fourth-order valence-corrected chi connectivity index (χ4v) is 6.51. The average molecular weight is 608 g/mol. The van der Waals surface area contributed by atoms with Gasteiger partial charge in [-0.2, -0.15) is 0 Å². The van der Waals surface area contributed by atoms with Crippen LogP contribution in [0.2, 0.25) is 0 Å². The molecule has 0 spiro atoms. The Balaban J connectivity index is 0.789. The number of benzene rings is 3. The van der Waals surface area contributed by atoms with E-state index in [1.165, 1.54) is 0 Å². The van der Waals surface area contributed by atoms with Gasteiger partial charge < -0.3 is 28.6 Å².